The molecule has 1 aromatic carbocycles. The summed E-state index contributed by atoms with van der Waals surface area (Å²) in [6.45, 7) is 0.501. The van der Waals surface area contributed by atoms with Crippen molar-refractivity contribution in [2.45, 2.75) is 6.54 Å². The van der Waals surface area contributed by atoms with Gasteiger partial charge >= 0.3 is 0 Å². The molecular weight excluding hydrogens is 180 g/mol. The topological polar surface area (TPSA) is 12.0 Å². The minimum absolute atomic E-state index is 0.501. The van der Waals surface area contributed by atoms with Gasteiger partial charge in [0.15, 0.2) is 11.6 Å². The van der Waals surface area contributed by atoms with Crippen molar-refractivity contribution in [1.29, 1.82) is 0 Å². The summed E-state index contributed by atoms with van der Waals surface area (Å²) in [6, 6.07) is 3.82. The summed E-state index contributed by atoms with van der Waals surface area (Å²) in [5, 5.41) is 2.89. The molecule has 0 bridgehead atoms. The molecule has 0 aliphatic heterocycles. The predicted molar refractivity (Wildman–Crippen MR) is 47.1 cm³/mol. The Kier molecular flexibility index (Phi) is 3.49. The van der Waals surface area contributed by atoms with Gasteiger partial charge in [-0.3, -0.25) is 0 Å². The van der Waals surface area contributed by atoms with Crippen LogP contribution in [0.2, 0.25) is 0 Å². The standard InChI is InChI=1S/C8H9F2NS/c9-7-2-1-6(3-8(7)10)4-11-5-12/h1-3,11-12H,4-5H2. The van der Waals surface area contributed by atoms with Gasteiger partial charge in [-0.15, -0.1) is 0 Å². The highest BCUT2D eigenvalue weighted by Crippen LogP contribution is 2.08. The first kappa shape index (κ1) is 9.48. The molecule has 1 aromatic rings. The summed E-state index contributed by atoms with van der Waals surface area (Å²) in [5.41, 5.74) is 0.711. The fourth-order valence-corrected chi connectivity index (χ4v) is 0.962. The predicted octanol–water partition coefficient (Wildman–Crippen LogP) is 1.94. The molecular formula is C8H9F2NS. The van der Waals surface area contributed by atoms with E-state index in [0.717, 1.165) is 6.07 Å². The molecule has 66 valence electrons. The maximum absolute atomic E-state index is 12.6. The Bertz CT molecular complexity index is 265. The smallest absolute Gasteiger partial charge is 0.159 e. The first-order valence-corrected chi connectivity index (χ1v) is 4.13. The maximum atomic E-state index is 12.6. The largest absolute Gasteiger partial charge is 0.304 e. The van der Waals surface area contributed by atoms with Crippen LogP contribution in [0.4, 0.5) is 8.78 Å². The number of benzene rings is 1. The summed E-state index contributed by atoms with van der Waals surface area (Å²) in [7, 11) is 0. The Morgan fingerprint density at radius 2 is 2.00 bits per heavy atom. The summed E-state index contributed by atoms with van der Waals surface area (Å²) < 4.78 is 25.0. The van der Waals surface area contributed by atoms with Crippen molar-refractivity contribution in [3.63, 3.8) is 0 Å². The van der Waals surface area contributed by atoms with Gasteiger partial charge in [0.2, 0.25) is 0 Å². The Morgan fingerprint density at radius 3 is 2.58 bits per heavy atom. The Hall–Kier alpha value is -0.610. The Labute approximate surface area is 75.2 Å². The summed E-state index contributed by atoms with van der Waals surface area (Å²) in [4.78, 5) is 0. The third-order valence-electron chi connectivity index (χ3n) is 1.42. The van der Waals surface area contributed by atoms with E-state index in [0.29, 0.717) is 18.0 Å². The lowest BCUT2D eigenvalue weighted by Crippen LogP contribution is -2.10. The molecule has 0 spiro atoms. The van der Waals surface area contributed by atoms with Crippen LogP contribution in [-0.2, 0) is 6.54 Å². The minimum Gasteiger partial charge on any atom is -0.304 e. The normalized spacial score (nSPS) is 10.2. The van der Waals surface area contributed by atoms with E-state index >= 15 is 0 Å². The Balaban J connectivity index is 2.69. The molecule has 0 atom stereocenters. The third kappa shape index (κ3) is 2.46. The van der Waals surface area contributed by atoms with Gasteiger partial charge in [0.05, 0.1) is 0 Å². The van der Waals surface area contributed by atoms with Crippen LogP contribution in [0.15, 0.2) is 18.2 Å². The number of halogens is 2. The molecule has 0 unspecified atom stereocenters. The SMILES string of the molecule is Fc1ccc(CNCS)cc1F. The van der Waals surface area contributed by atoms with Gasteiger partial charge < -0.3 is 5.32 Å². The van der Waals surface area contributed by atoms with Crippen molar-refractivity contribution in [2.75, 3.05) is 5.88 Å². The lowest BCUT2D eigenvalue weighted by molar-refractivity contribution is 0.506. The number of thiol groups is 1. The summed E-state index contributed by atoms with van der Waals surface area (Å²) in [5.74, 6) is -1.11. The molecule has 0 amide bonds. The van der Waals surface area contributed by atoms with Crippen molar-refractivity contribution in [3.05, 3.63) is 35.4 Å². The molecule has 1 N–H and O–H groups in total. The minimum atomic E-state index is -0.815. The van der Waals surface area contributed by atoms with Crippen molar-refractivity contribution in [3.8, 4) is 0 Å². The van der Waals surface area contributed by atoms with Gasteiger partial charge in [0.25, 0.3) is 0 Å². The van der Waals surface area contributed by atoms with Crippen molar-refractivity contribution in [2.24, 2.45) is 0 Å². The number of hydrogen-bond acceptors (Lipinski definition) is 2. The first-order chi connectivity index (χ1) is 5.74. The maximum Gasteiger partial charge on any atom is 0.159 e. The molecule has 1 rings (SSSR count). The lowest BCUT2D eigenvalue weighted by Gasteiger charge is -2.01. The Morgan fingerprint density at radius 1 is 1.25 bits per heavy atom. The van der Waals surface area contributed by atoms with Crippen LogP contribution in [0.25, 0.3) is 0 Å². The van der Waals surface area contributed by atoms with Crippen LogP contribution in [0.3, 0.4) is 0 Å². The van der Waals surface area contributed by atoms with E-state index < -0.39 is 11.6 Å². The fourth-order valence-electron chi connectivity index (χ4n) is 0.850. The van der Waals surface area contributed by atoms with Crippen LogP contribution in [0.5, 0.6) is 0 Å². The van der Waals surface area contributed by atoms with E-state index in [1.165, 1.54) is 12.1 Å². The summed E-state index contributed by atoms with van der Waals surface area (Å²) >= 11 is 3.92. The van der Waals surface area contributed by atoms with Gasteiger partial charge in [0, 0.05) is 12.4 Å². The monoisotopic (exact) mass is 189 g/mol. The molecule has 0 aliphatic rings. The molecule has 1 nitrogen and oxygen atoms in total. The van der Waals surface area contributed by atoms with Gasteiger partial charge in [-0.2, -0.15) is 12.6 Å². The van der Waals surface area contributed by atoms with E-state index in [1.54, 1.807) is 0 Å². The van der Waals surface area contributed by atoms with Crippen LogP contribution >= 0.6 is 12.6 Å². The molecule has 0 aliphatic carbocycles. The van der Waals surface area contributed by atoms with Crippen molar-refractivity contribution < 1.29 is 8.78 Å². The number of hydrogen-bond donors (Lipinski definition) is 2. The molecule has 12 heavy (non-hydrogen) atoms. The highest BCUT2D eigenvalue weighted by molar-refractivity contribution is 7.80. The quantitative estimate of drug-likeness (QED) is 0.547. The second kappa shape index (κ2) is 4.42. The fraction of sp³-hybridized carbons (Fsp3) is 0.250. The van der Waals surface area contributed by atoms with E-state index in [1.807, 2.05) is 0 Å². The van der Waals surface area contributed by atoms with Gasteiger partial charge in [-0.1, -0.05) is 6.07 Å². The zero-order valence-corrected chi connectivity index (χ0v) is 7.24. The number of rotatable bonds is 3. The number of nitrogens with one attached hydrogen (secondary N) is 1. The average Bonchev–Trinajstić information content (AvgIpc) is 2.07. The molecule has 0 saturated carbocycles. The molecule has 0 saturated heterocycles. The van der Waals surface area contributed by atoms with Crippen LogP contribution < -0.4 is 5.32 Å². The van der Waals surface area contributed by atoms with E-state index in [2.05, 4.69) is 17.9 Å². The highest BCUT2D eigenvalue weighted by Gasteiger charge is 2.00. The van der Waals surface area contributed by atoms with Crippen molar-refractivity contribution >= 4 is 12.6 Å². The zero-order chi connectivity index (χ0) is 8.97. The van der Waals surface area contributed by atoms with E-state index in [4.69, 9.17) is 0 Å². The van der Waals surface area contributed by atoms with Crippen LogP contribution in [0, 0.1) is 11.6 Å². The van der Waals surface area contributed by atoms with E-state index in [-0.39, 0.29) is 0 Å². The van der Waals surface area contributed by atoms with Crippen LogP contribution in [0.1, 0.15) is 5.56 Å². The first-order valence-electron chi connectivity index (χ1n) is 3.49. The molecule has 0 radical (unpaired) electrons. The van der Waals surface area contributed by atoms with Crippen LogP contribution in [-0.4, -0.2) is 5.88 Å². The third-order valence-corrected chi connectivity index (χ3v) is 1.65. The average molecular weight is 189 g/mol. The van der Waals surface area contributed by atoms with Gasteiger partial charge in [0.1, 0.15) is 0 Å². The molecule has 0 aromatic heterocycles. The van der Waals surface area contributed by atoms with Gasteiger partial charge in [-0.25, -0.2) is 8.78 Å². The van der Waals surface area contributed by atoms with Gasteiger partial charge in [-0.05, 0) is 17.7 Å². The molecule has 0 fully saturated rings. The lowest BCUT2D eigenvalue weighted by atomic mass is 10.2. The molecule has 4 heteroatoms. The highest BCUT2D eigenvalue weighted by atomic mass is 32.1. The summed E-state index contributed by atoms with van der Waals surface area (Å²) in [6.07, 6.45) is 0. The zero-order valence-electron chi connectivity index (χ0n) is 6.35. The second-order valence-corrected chi connectivity index (χ2v) is 2.65. The van der Waals surface area contributed by atoms with Crippen molar-refractivity contribution in [1.82, 2.24) is 5.32 Å². The second-order valence-electron chi connectivity index (χ2n) is 2.33. The molecule has 0 heterocycles. The van der Waals surface area contributed by atoms with E-state index in [9.17, 15) is 8.78 Å².